The SMILES string of the molecule is CC(C)COc1ccc(NC(=O)c2ccc(N)o2)cc1. The second kappa shape index (κ2) is 6.14. The molecule has 0 saturated heterocycles. The standard InChI is InChI=1S/C15H18N2O3/c1-10(2)9-19-12-5-3-11(4-6-12)17-15(18)13-7-8-14(16)20-13/h3-8,10H,9,16H2,1-2H3,(H,17,18). The number of furan rings is 1. The molecule has 0 radical (unpaired) electrons. The van der Waals surface area contributed by atoms with Gasteiger partial charge in [-0.1, -0.05) is 13.8 Å². The molecule has 0 bridgehead atoms. The van der Waals surface area contributed by atoms with E-state index in [1.807, 2.05) is 12.1 Å². The van der Waals surface area contributed by atoms with E-state index in [2.05, 4.69) is 19.2 Å². The zero-order valence-corrected chi connectivity index (χ0v) is 11.6. The van der Waals surface area contributed by atoms with Crippen molar-refractivity contribution in [2.75, 3.05) is 17.7 Å². The van der Waals surface area contributed by atoms with E-state index in [0.29, 0.717) is 18.2 Å². The summed E-state index contributed by atoms with van der Waals surface area (Å²) in [5.41, 5.74) is 6.09. The molecule has 0 fully saturated rings. The zero-order chi connectivity index (χ0) is 14.5. The lowest BCUT2D eigenvalue weighted by molar-refractivity contribution is 0.0997. The number of anilines is 2. The maximum absolute atomic E-state index is 11.8. The van der Waals surface area contributed by atoms with Crippen molar-refractivity contribution in [2.24, 2.45) is 5.92 Å². The molecule has 0 saturated carbocycles. The predicted molar refractivity (Wildman–Crippen MR) is 77.8 cm³/mol. The second-order valence-electron chi connectivity index (χ2n) is 4.89. The number of hydrogen-bond acceptors (Lipinski definition) is 4. The maximum atomic E-state index is 11.8. The number of nitrogens with two attached hydrogens (primary N) is 1. The van der Waals surface area contributed by atoms with Gasteiger partial charge in [0.05, 0.1) is 6.61 Å². The van der Waals surface area contributed by atoms with Crippen LogP contribution >= 0.6 is 0 Å². The molecule has 106 valence electrons. The molecule has 2 aromatic rings. The van der Waals surface area contributed by atoms with Crippen LogP contribution in [0.15, 0.2) is 40.8 Å². The number of amides is 1. The van der Waals surface area contributed by atoms with E-state index in [4.69, 9.17) is 14.9 Å². The van der Waals surface area contributed by atoms with Crippen molar-refractivity contribution < 1.29 is 13.9 Å². The molecule has 1 aromatic heterocycles. The van der Waals surface area contributed by atoms with E-state index in [0.717, 1.165) is 5.75 Å². The van der Waals surface area contributed by atoms with Crippen LogP contribution < -0.4 is 15.8 Å². The Bertz CT molecular complexity index is 573. The van der Waals surface area contributed by atoms with Gasteiger partial charge in [0.2, 0.25) is 0 Å². The van der Waals surface area contributed by atoms with E-state index in [1.54, 1.807) is 12.1 Å². The molecule has 1 aromatic carbocycles. The van der Waals surface area contributed by atoms with Crippen molar-refractivity contribution in [2.45, 2.75) is 13.8 Å². The van der Waals surface area contributed by atoms with E-state index in [1.165, 1.54) is 12.1 Å². The summed E-state index contributed by atoms with van der Waals surface area (Å²) in [5, 5.41) is 2.72. The van der Waals surface area contributed by atoms with Gasteiger partial charge in [-0.05, 0) is 36.2 Å². The summed E-state index contributed by atoms with van der Waals surface area (Å²) in [5.74, 6) is 1.31. The fourth-order valence-corrected chi connectivity index (χ4v) is 1.56. The first-order valence-electron chi connectivity index (χ1n) is 6.44. The molecule has 3 N–H and O–H groups in total. The van der Waals surface area contributed by atoms with E-state index >= 15 is 0 Å². The van der Waals surface area contributed by atoms with E-state index < -0.39 is 0 Å². The molecular weight excluding hydrogens is 256 g/mol. The van der Waals surface area contributed by atoms with Crippen LogP contribution in [-0.2, 0) is 0 Å². The molecule has 0 unspecified atom stereocenters. The van der Waals surface area contributed by atoms with Gasteiger partial charge in [-0.2, -0.15) is 0 Å². The van der Waals surface area contributed by atoms with Gasteiger partial charge < -0.3 is 20.2 Å². The highest BCUT2D eigenvalue weighted by atomic mass is 16.5. The van der Waals surface area contributed by atoms with Crippen molar-refractivity contribution >= 4 is 17.5 Å². The summed E-state index contributed by atoms with van der Waals surface area (Å²) >= 11 is 0. The molecule has 0 atom stereocenters. The van der Waals surface area contributed by atoms with Crippen molar-refractivity contribution in [3.63, 3.8) is 0 Å². The number of ether oxygens (including phenoxy) is 1. The number of rotatable bonds is 5. The first kappa shape index (κ1) is 14.0. The lowest BCUT2D eigenvalue weighted by Gasteiger charge is -2.09. The summed E-state index contributed by atoms with van der Waals surface area (Å²) < 4.78 is 10.6. The van der Waals surface area contributed by atoms with E-state index in [9.17, 15) is 4.79 Å². The van der Waals surface area contributed by atoms with Gasteiger partial charge in [0.1, 0.15) is 5.75 Å². The molecule has 0 spiro atoms. The minimum Gasteiger partial charge on any atom is -0.493 e. The lowest BCUT2D eigenvalue weighted by atomic mass is 10.2. The molecule has 0 aliphatic carbocycles. The average Bonchev–Trinajstić information content (AvgIpc) is 2.85. The summed E-state index contributed by atoms with van der Waals surface area (Å²) in [6, 6.07) is 10.3. The van der Waals surface area contributed by atoms with Gasteiger partial charge >= 0.3 is 0 Å². The smallest absolute Gasteiger partial charge is 0.291 e. The minimum absolute atomic E-state index is 0.183. The van der Waals surface area contributed by atoms with Gasteiger partial charge in [0.15, 0.2) is 11.6 Å². The third kappa shape index (κ3) is 3.78. The Morgan fingerprint density at radius 2 is 1.95 bits per heavy atom. The molecule has 1 heterocycles. The van der Waals surface area contributed by atoms with Gasteiger partial charge in [0, 0.05) is 11.8 Å². The Morgan fingerprint density at radius 3 is 2.50 bits per heavy atom. The lowest BCUT2D eigenvalue weighted by Crippen LogP contribution is -2.10. The Kier molecular flexibility index (Phi) is 4.30. The molecular formula is C15H18N2O3. The van der Waals surface area contributed by atoms with Crippen molar-refractivity contribution in [3.05, 3.63) is 42.2 Å². The molecule has 1 amide bonds. The third-order valence-electron chi connectivity index (χ3n) is 2.55. The summed E-state index contributed by atoms with van der Waals surface area (Å²) in [7, 11) is 0. The van der Waals surface area contributed by atoms with Crippen molar-refractivity contribution in [3.8, 4) is 5.75 Å². The molecule has 0 aliphatic rings. The van der Waals surface area contributed by atoms with Crippen molar-refractivity contribution in [1.82, 2.24) is 0 Å². The van der Waals surface area contributed by atoms with Gasteiger partial charge in [-0.25, -0.2) is 0 Å². The third-order valence-corrected chi connectivity index (χ3v) is 2.55. The summed E-state index contributed by atoms with van der Waals surface area (Å²) in [4.78, 5) is 11.8. The maximum Gasteiger partial charge on any atom is 0.291 e. The van der Waals surface area contributed by atoms with Crippen LogP contribution in [0.3, 0.4) is 0 Å². The van der Waals surface area contributed by atoms with Crippen LogP contribution in [-0.4, -0.2) is 12.5 Å². The average molecular weight is 274 g/mol. The Labute approximate surface area is 117 Å². The highest BCUT2D eigenvalue weighted by Crippen LogP contribution is 2.18. The second-order valence-corrected chi connectivity index (χ2v) is 4.89. The number of nitrogen functional groups attached to an aromatic ring is 1. The number of benzene rings is 1. The fourth-order valence-electron chi connectivity index (χ4n) is 1.56. The topological polar surface area (TPSA) is 77.5 Å². The summed E-state index contributed by atoms with van der Waals surface area (Å²) in [6.45, 7) is 4.84. The number of hydrogen-bond donors (Lipinski definition) is 2. The van der Waals surface area contributed by atoms with Crippen LogP contribution in [0.25, 0.3) is 0 Å². The van der Waals surface area contributed by atoms with E-state index in [-0.39, 0.29) is 17.6 Å². The van der Waals surface area contributed by atoms with Gasteiger partial charge in [0.25, 0.3) is 5.91 Å². The molecule has 0 aliphatic heterocycles. The number of carbonyl (C=O) groups is 1. The zero-order valence-electron chi connectivity index (χ0n) is 11.6. The van der Waals surface area contributed by atoms with Crippen LogP contribution in [0.1, 0.15) is 24.4 Å². The number of nitrogens with one attached hydrogen (secondary N) is 1. The quantitative estimate of drug-likeness (QED) is 0.878. The molecule has 5 heteroatoms. The fraction of sp³-hybridized carbons (Fsp3) is 0.267. The molecule has 20 heavy (non-hydrogen) atoms. The highest BCUT2D eigenvalue weighted by molar-refractivity contribution is 6.02. The summed E-state index contributed by atoms with van der Waals surface area (Å²) in [6.07, 6.45) is 0. The first-order valence-corrected chi connectivity index (χ1v) is 6.44. The van der Waals surface area contributed by atoms with Crippen LogP contribution in [0.2, 0.25) is 0 Å². The molecule has 2 rings (SSSR count). The largest absolute Gasteiger partial charge is 0.493 e. The predicted octanol–water partition coefficient (Wildman–Crippen LogP) is 3.15. The normalized spacial score (nSPS) is 10.6. The van der Waals surface area contributed by atoms with Crippen LogP contribution in [0.5, 0.6) is 5.75 Å². The Hall–Kier alpha value is -2.43. The Balaban J connectivity index is 1.95. The molecule has 5 nitrogen and oxygen atoms in total. The van der Waals surface area contributed by atoms with Crippen LogP contribution in [0, 0.1) is 5.92 Å². The number of carbonyl (C=O) groups excluding carboxylic acids is 1. The Morgan fingerprint density at radius 1 is 1.25 bits per heavy atom. The first-order chi connectivity index (χ1) is 9.54. The minimum atomic E-state index is -0.336. The monoisotopic (exact) mass is 274 g/mol. The van der Waals surface area contributed by atoms with Gasteiger partial charge in [-0.15, -0.1) is 0 Å². The van der Waals surface area contributed by atoms with Crippen LogP contribution in [0.4, 0.5) is 11.6 Å². The van der Waals surface area contributed by atoms with Gasteiger partial charge in [-0.3, -0.25) is 4.79 Å². The highest BCUT2D eigenvalue weighted by Gasteiger charge is 2.10. The van der Waals surface area contributed by atoms with Crippen molar-refractivity contribution in [1.29, 1.82) is 0 Å².